The number of carbonyl (C=O) groups excluding carboxylic acids is 4. The predicted molar refractivity (Wildman–Crippen MR) is 144 cm³/mol. The van der Waals surface area contributed by atoms with E-state index in [0.717, 1.165) is 22.3 Å². The highest BCUT2D eigenvalue weighted by atomic mass is 16.5. The first kappa shape index (κ1) is 27.4. The van der Waals surface area contributed by atoms with Crippen LogP contribution in [0.3, 0.4) is 0 Å². The summed E-state index contributed by atoms with van der Waals surface area (Å²) in [6.45, 7) is -0.110. The maximum absolute atomic E-state index is 13.3. The molecular weight excluding hydrogens is 530 g/mol. The number of carboxylic acid groups (broad SMARTS) is 1. The van der Waals surface area contributed by atoms with Crippen molar-refractivity contribution >= 4 is 29.8 Å². The maximum Gasteiger partial charge on any atom is 0.407 e. The minimum atomic E-state index is -1.56. The van der Waals surface area contributed by atoms with Crippen LogP contribution in [0.25, 0.3) is 11.1 Å². The van der Waals surface area contributed by atoms with Crippen LogP contribution in [0.5, 0.6) is 0 Å². The van der Waals surface area contributed by atoms with Crippen LogP contribution in [0, 0.1) is 0 Å². The van der Waals surface area contributed by atoms with E-state index in [4.69, 9.17) is 9.47 Å². The molecule has 41 heavy (non-hydrogen) atoms. The molecule has 210 valence electrons. The van der Waals surface area contributed by atoms with Crippen molar-refractivity contribution in [3.63, 3.8) is 0 Å². The van der Waals surface area contributed by atoms with Gasteiger partial charge >= 0.3 is 18.0 Å². The van der Waals surface area contributed by atoms with E-state index in [-0.39, 0.29) is 19.1 Å². The lowest BCUT2D eigenvalue weighted by atomic mass is 9.98. The smallest absolute Gasteiger partial charge is 0.407 e. The summed E-state index contributed by atoms with van der Waals surface area (Å²) in [4.78, 5) is 62.4. The van der Waals surface area contributed by atoms with E-state index in [0.29, 0.717) is 10.6 Å². The molecule has 1 aliphatic carbocycles. The Morgan fingerprint density at radius 2 is 1.51 bits per heavy atom. The summed E-state index contributed by atoms with van der Waals surface area (Å²) in [6.07, 6.45) is -2.07. The number of rotatable bonds is 9. The second-order valence-corrected chi connectivity index (χ2v) is 9.67. The molecule has 0 bridgehead atoms. The van der Waals surface area contributed by atoms with E-state index >= 15 is 0 Å². The zero-order valence-corrected chi connectivity index (χ0v) is 21.8. The highest BCUT2D eigenvalue weighted by Gasteiger charge is 2.42. The third-order valence-electron chi connectivity index (χ3n) is 7.01. The summed E-state index contributed by atoms with van der Waals surface area (Å²) in [5.74, 6) is -4.15. The lowest BCUT2D eigenvalue weighted by Gasteiger charge is -2.26. The number of nitrogens with one attached hydrogen (secondary N) is 2. The van der Waals surface area contributed by atoms with Gasteiger partial charge in [0.1, 0.15) is 19.3 Å². The maximum atomic E-state index is 13.3. The van der Waals surface area contributed by atoms with Crippen LogP contribution < -0.4 is 10.7 Å². The molecule has 5 rings (SSSR count). The molecule has 2 atom stereocenters. The summed E-state index contributed by atoms with van der Waals surface area (Å²) in [5.41, 5.74) is 6.96. The van der Waals surface area contributed by atoms with Gasteiger partial charge in [0.05, 0.1) is 12.8 Å². The number of hydrazine groups is 1. The van der Waals surface area contributed by atoms with Crippen molar-refractivity contribution in [2.75, 3.05) is 6.61 Å². The Kier molecular flexibility index (Phi) is 7.95. The predicted octanol–water partition coefficient (Wildman–Crippen LogP) is 2.74. The molecule has 1 aliphatic heterocycles. The van der Waals surface area contributed by atoms with Crippen molar-refractivity contribution in [1.82, 2.24) is 15.8 Å². The Morgan fingerprint density at radius 1 is 0.902 bits per heavy atom. The summed E-state index contributed by atoms with van der Waals surface area (Å²) in [5, 5.41) is 12.5. The van der Waals surface area contributed by atoms with Crippen LogP contribution in [0.2, 0.25) is 0 Å². The highest BCUT2D eigenvalue weighted by molar-refractivity contribution is 5.97. The number of esters is 1. The number of carboxylic acids is 1. The molecule has 3 N–H and O–H groups in total. The molecule has 0 radical (unpaired) electrons. The number of hydrogen-bond donors (Lipinski definition) is 3. The third kappa shape index (κ3) is 6.03. The molecule has 0 saturated carbocycles. The average Bonchev–Trinajstić information content (AvgIpc) is 3.53. The Hall–Kier alpha value is -5.19. The second kappa shape index (κ2) is 11.9. The molecular formula is C30H27N3O8. The number of aliphatic carboxylic acids is 1. The monoisotopic (exact) mass is 557 g/mol. The van der Waals surface area contributed by atoms with Gasteiger partial charge in [0.15, 0.2) is 6.04 Å². The molecule has 0 spiro atoms. The fraction of sp³-hybridized carbons (Fsp3) is 0.233. The number of benzene rings is 3. The number of hydrogen-bond acceptors (Lipinski definition) is 7. The molecule has 1 unspecified atom stereocenters. The zero-order chi connectivity index (χ0) is 28.9. The average molecular weight is 558 g/mol. The van der Waals surface area contributed by atoms with Crippen molar-refractivity contribution < 1.29 is 38.6 Å². The Labute approximate surface area is 235 Å². The number of nitrogens with zero attached hydrogens (tertiary/aromatic N) is 1. The minimum Gasteiger partial charge on any atom is -0.480 e. The Morgan fingerprint density at radius 3 is 2.15 bits per heavy atom. The van der Waals surface area contributed by atoms with E-state index in [1.807, 2.05) is 54.6 Å². The van der Waals surface area contributed by atoms with Gasteiger partial charge in [-0.25, -0.2) is 14.6 Å². The fourth-order valence-electron chi connectivity index (χ4n) is 5.05. The molecule has 1 saturated heterocycles. The van der Waals surface area contributed by atoms with Gasteiger partial charge in [-0.05, 0) is 27.8 Å². The molecule has 11 heteroatoms. The van der Waals surface area contributed by atoms with E-state index in [1.165, 1.54) is 0 Å². The molecule has 1 fully saturated rings. The summed E-state index contributed by atoms with van der Waals surface area (Å²) < 4.78 is 10.8. The van der Waals surface area contributed by atoms with Crippen molar-refractivity contribution in [3.8, 4) is 11.1 Å². The van der Waals surface area contributed by atoms with Gasteiger partial charge in [0.2, 0.25) is 5.91 Å². The highest BCUT2D eigenvalue weighted by Crippen LogP contribution is 2.44. The number of alkyl carbamates (subject to hydrolysis) is 1. The molecule has 3 amide bonds. The van der Waals surface area contributed by atoms with E-state index in [1.54, 1.807) is 24.3 Å². The van der Waals surface area contributed by atoms with E-state index in [9.17, 15) is 29.1 Å². The fourth-order valence-corrected chi connectivity index (χ4v) is 5.05. The molecule has 11 nitrogen and oxygen atoms in total. The second-order valence-electron chi connectivity index (χ2n) is 9.67. The lowest BCUT2D eigenvalue weighted by Crippen LogP contribution is -2.56. The zero-order valence-electron chi connectivity index (χ0n) is 21.8. The van der Waals surface area contributed by atoms with Crippen LogP contribution in [0.1, 0.15) is 35.4 Å². The first-order chi connectivity index (χ1) is 19.8. The van der Waals surface area contributed by atoms with Gasteiger partial charge < -0.3 is 19.9 Å². The Bertz CT molecular complexity index is 1450. The largest absolute Gasteiger partial charge is 0.480 e. The van der Waals surface area contributed by atoms with Crippen LogP contribution in [0.4, 0.5) is 4.79 Å². The standard InChI is InChI=1S/C30H27N3O8/c34-26-15-25(29(37)38)33(32-26)28(36)24(14-27(35)40-16-18-8-2-1-3-9-18)31-30(39)41-17-23-21-12-6-4-10-19(21)20-11-5-7-13-22(20)23/h1-13,23-25H,14-17H2,(H,31,39)(H,32,34)(H,37,38)/t24-,25?/m0/s1. The summed E-state index contributed by atoms with van der Waals surface area (Å²) in [6, 6.07) is 21.4. The van der Waals surface area contributed by atoms with Crippen LogP contribution in [-0.2, 0) is 35.3 Å². The number of carbonyl (C=O) groups is 5. The van der Waals surface area contributed by atoms with Gasteiger partial charge in [0, 0.05) is 5.92 Å². The molecule has 1 heterocycles. The third-order valence-corrected chi connectivity index (χ3v) is 7.01. The normalized spacial score (nSPS) is 16.2. The van der Waals surface area contributed by atoms with Gasteiger partial charge in [0.25, 0.3) is 5.91 Å². The van der Waals surface area contributed by atoms with Crippen LogP contribution >= 0.6 is 0 Å². The van der Waals surface area contributed by atoms with Crippen molar-refractivity contribution in [1.29, 1.82) is 0 Å². The summed E-state index contributed by atoms with van der Waals surface area (Å²) in [7, 11) is 0. The molecule has 3 aromatic carbocycles. The van der Waals surface area contributed by atoms with Gasteiger partial charge in [-0.1, -0.05) is 78.9 Å². The number of ether oxygens (including phenoxy) is 2. The molecule has 0 aromatic heterocycles. The lowest BCUT2D eigenvalue weighted by molar-refractivity contribution is -0.153. The topological polar surface area (TPSA) is 151 Å². The van der Waals surface area contributed by atoms with Crippen molar-refractivity contribution in [2.45, 2.75) is 37.5 Å². The van der Waals surface area contributed by atoms with Gasteiger partial charge in [-0.3, -0.25) is 19.8 Å². The van der Waals surface area contributed by atoms with Crippen LogP contribution in [-0.4, -0.2) is 58.7 Å². The van der Waals surface area contributed by atoms with Gasteiger partial charge in [-0.15, -0.1) is 0 Å². The van der Waals surface area contributed by atoms with Crippen molar-refractivity contribution in [3.05, 3.63) is 95.6 Å². The minimum absolute atomic E-state index is 0.0442. The van der Waals surface area contributed by atoms with Crippen molar-refractivity contribution in [2.24, 2.45) is 0 Å². The van der Waals surface area contributed by atoms with E-state index < -0.39 is 54.8 Å². The quantitative estimate of drug-likeness (QED) is 0.340. The van der Waals surface area contributed by atoms with E-state index in [2.05, 4.69) is 10.7 Å². The number of fused-ring (bicyclic) bond motifs is 3. The molecule has 2 aliphatic rings. The van der Waals surface area contributed by atoms with Gasteiger partial charge in [-0.2, -0.15) is 0 Å². The first-order valence-electron chi connectivity index (χ1n) is 13.0. The molecule has 3 aromatic rings. The summed E-state index contributed by atoms with van der Waals surface area (Å²) >= 11 is 0. The Balaban J connectivity index is 1.28. The number of amides is 3. The van der Waals surface area contributed by atoms with Crippen LogP contribution in [0.15, 0.2) is 78.9 Å². The SMILES string of the molecule is O=C1CC(C(=O)O)N(C(=O)[C@H](CC(=O)OCc2ccccc2)NC(=O)OCC2c3ccccc3-c3ccccc32)N1. The first-order valence-corrected chi connectivity index (χ1v) is 13.0.